The second kappa shape index (κ2) is 8.64. The van der Waals surface area contributed by atoms with Gasteiger partial charge in [0, 0.05) is 16.4 Å². The number of carbonyl (C=O) groups is 2. The maximum Gasteiger partial charge on any atom is 0.414 e. The van der Waals surface area contributed by atoms with Crippen LogP contribution in [0.1, 0.15) is 6.92 Å². The molecule has 0 aromatic heterocycles. The van der Waals surface area contributed by atoms with E-state index in [0.29, 0.717) is 29.5 Å². The molecule has 3 rings (SSSR count). The Balaban J connectivity index is 1.47. The van der Waals surface area contributed by atoms with Gasteiger partial charge in [0.2, 0.25) is 0 Å². The zero-order chi connectivity index (χ0) is 19.2. The normalized spacial score (nSPS) is 16.0. The van der Waals surface area contributed by atoms with Crippen molar-refractivity contribution >= 4 is 35.1 Å². The Hall–Kier alpha value is -2.93. The predicted molar refractivity (Wildman–Crippen MR) is 104 cm³/mol. The van der Waals surface area contributed by atoms with Gasteiger partial charge in [0.05, 0.1) is 19.7 Å². The third-order valence-corrected chi connectivity index (χ3v) is 4.18. The lowest BCUT2D eigenvalue weighted by molar-refractivity contribution is 0.141. The van der Waals surface area contributed by atoms with E-state index < -0.39 is 12.2 Å². The van der Waals surface area contributed by atoms with Crippen molar-refractivity contribution in [2.75, 3.05) is 29.9 Å². The summed E-state index contributed by atoms with van der Waals surface area (Å²) >= 11 is 5.86. The molecule has 1 aliphatic heterocycles. The van der Waals surface area contributed by atoms with E-state index >= 15 is 0 Å². The van der Waals surface area contributed by atoms with Crippen LogP contribution in [-0.2, 0) is 4.74 Å². The highest BCUT2D eigenvalue weighted by Crippen LogP contribution is 2.23. The molecule has 3 amide bonds. The number of halogens is 1. The summed E-state index contributed by atoms with van der Waals surface area (Å²) in [6, 6.07) is 13.6. The first-order chi connectivity index (χ1) is 13.0. The molecule has 8 heteroatoms. The van der Waals surface area contributed by atoms with E-state index in [1.165, 1.54) is 4.90 Å². The Kier molecular flexibility index (Phi) is 6.03. The Morgan fingerprint density at radius 3 is 2.59 bits per heavy atom. The van der Waals surface area contributed by atoms with Crippen LogP contribution >= 0.6 is 11.6 Å². The van der Waals surface area contributed by atoms with Crippen molar-refractivity contribution in [1.29, 1.82) is 0 Å². The average Bonchev–Trinajstić information content (AvgIpc) is 3.03. The van der Waals surface area contributed by atoms with Crippen LogP contribution < -0.4 is 20.3 Å². The van der Waals surface area contributed by atoms with E-state index in [1.807, 2.05) is 6.92 Å². The van der Waals surface area contributed by atoms with Crippen LogP contribution in [0.25, 0.3) is 0 Å². The molecule has 1 fully saturated rings. The van der Waals surface area contributed by atoms with Crippen molar-refractivity contribution in [3.63, 3.8) is 0 Å². The van der Waals surface area contributed by atoms with Gasteiger partial charge in [-0.15, -0.1) is 0 Å². The molecule has 142 valence electrons. The lowest BCUT2D eigenvalue weighted by Crippen LogP contribution is -2.37. The number of urea groups is 1. The topological polar surface area (TPSA) is 79.9 Å². The van der Waals surface area contributed by atoms with Crippen LogP contribution in [-0.4, -0.2) is 37.9 Å². The number of carbonyl (C=O) groups excluding carboxylic acids is 2. The summed E-state index contributed by atoms with van der Waals surface area (Å²) in [5.74, 6) is 0.739. The monoisotopic (exact) mass is 389 g/mol. The molecule has 0 spiro atoms. The fraction of sp³-hybridized carbons (Fsp3) is 0.263. The van der Waals surface area contributed by atoms with E-state index in [4.69, 9.17) is 21.1 Å². The van der Waals surface area contributed by atoms with Gasteiger partial charge in [-0.3, -0.25) is 4.90 Å². The van der Waals surface area contributed by atoms with Gasteiger partial charge in [0.1, 0.15) is 11.9 Å². The molecular weight excluding hydrogens is 370 g/mol. The van der Waals surface area contributed by atoms with Gasteiger partial charge in [-0.1, -0.05) is 11.6 Å². The van der Waals surface area contributed by atoms with Crippen LogP contribution in [0.4, 0.5) is 21.0 Å². The maximum atomic E-state index is 12.0. The SMILES string of the molecule is CCOc1ccc(NC(=O)NC[C@@H]2CN(c3ccc(Cl)cc3)C(=O)O2)cc1. The molecular formula is C19H20ClN3O4. The number of nitrogens with zero attached hydrogens (tertiary/aromatic N) is 1. The first-order valence-electron chi connectivity index (χ1n) is 8.56. The van der Waals surface area contributed by atoms with Gasteiger partial charge in [0.25, 0.3) is 0 Å². The molecule has 1 saturated heterocycles. The van der Waals surface area contributed by atoms with Gasteiger partial charge in [-0.2, -0.15) is 0 Å². The quantitative estimate of drug-likeness (QED) is 0.785. The minimum Gasteiger partial charge on any atom is -0.494 e. The molecule has 2 aromatic rings. The summed E-state index contributed by atoms with van der Waals surface area (Å²) < 4.78 is 10.7. The van der Waals surface area contributed by atoms with Gasteiger partial charge in [-0.25, -0.2) is 9.59 Å². The first-order valence-corrected chi connectivity index (χ1v) is 8.94. The summed E-state index contributed by atoms with van der Waals surface area (Å²) in [7, 11) is 0. The second-order valence-electron chi connectivity index (χ2n) is 5.89. The summed E-state index contributed by atoms with van der Waals surface area (Å²) in [4.78, 5) is 25.6. The minimum absolute atomic E-state index is 0.207. The lowest BCUT2D eigenvalue weighted by Gasteiger charge is -2.13. The second-order valence-corrected chi connectivity index (χ2v) is 6.32. The molecule has 0 saturated carbocycles. The number of benzene rings is 2. The number of nitrogens with one attached hydrogen (secondary N) is 2. The van der Waals surface area contributed by atoms with Gasteiger partial charge in [0.15, 0.2) is 0 Å². The third-order valence-electron chi connectivity index (χ3n) is 3.93. The number of rotatable bonds is 6. The number of amides is 3. The Morgan fingerprint density at radius 1 is 1.22 bits per heavy atom. The molecule has 27 heavy (non-hydrogen) atoms. The molecule has 0 unspecified atom stereocenters. The zero-order valence-corrected chi connectivity index (χ0v) is 15.5. The molecule has 7 nitrogen and oxygen atoms in total. The largest absolute Gasteiger partial charge is 0.494 e. The highest BCUT2D eigenvalue weighted by molar-refractivity contribution is 6.30. The van der Waals surface area contributed by atoms with Crippen LogP contribution in [0.15, 0.2) is 48.5 Å². The molecule has 1 atom stereocenters. The van der Waals surface area contributed by atoms with Crippen LogP contribution in [0.3, 0.4) is 0 Å². The number of ether oxygens (including phenoxy) is 2. The van der Waals surface area contributed by atoms with Gasteiger partial charge in [-0.05, 0) is 55.5 Å². The van der Waals surface area contributed by atoms with Crippen molar-refractivity contribution in [3.8, 4) is 5.75 Å². The molecule has 0 radical (unpaired) electrons. The minimum atomic E-state index is -0.448. The number of anilines is 2. The van der Waals surface area contributed by atoms with Crippen LogP contribution in [0, 0.1) is 0 Å². The van der Waals surface area contributed by atoms with Crippen molar-refractivity contribution in [2.45, 2.75) is 13.0 Å². The molecule has 2 aromatic carbocycles. The third kappa shape index (κ3) is 5.04. The van der Waals surface area contributed by atoms with E-state index in [0.717, 1.165) is 5.75 Å². The fourth-order valence-corrected chi connectivity index (χ4v) is 2.77. The standard InChI is InChI=1S/C19H20ClN3O4/c1-2-26-16-9-5-14(6-10-16)22-18(24)21-11-17-12-23(19(25)27-17)15-7-3-13(20)4-8-15/h3-10,17H,2,11-12H2,1H3,(H2,21,22,24)/t17-/m1/s1. The highest BCUT2D eigenvalue weighted by atomic mass is 35.5. The molecule has 1 heterocycles. The summed E-state index contributed by atoms with van der Waals surface area (Å²) in [5, 5.41) is 6.02. The Bertz CT molecular complexity index is 796. The number of cyclic esters (lactones) is 1. The number of hydrogen-bond acceptors (Lipinski definition) is 4. The Labute approximate surface area is 162 Å². The maximum absolute atomic E-state index is 12.0. The van der Waals surface area contributed by atoms with Crippen LogP contribution in [0.5, 0.6) is 5.75 Å². The lowest BCUT2D eigenvalue weighted by atomic mass is 10.2. The summed E-state index contributed by atoms with van der Waals surface area (Å²) in [6.45, 7) is 3.05. The Morgan fingerprint density at radius 2 is 1.93 bits per heavy atom. The number of hydrogen-bond donors (Lipinski definition) is 2. The highest BCUT2D eigenvalue weighted by Gasteiger charge is 2.32. The summed E-state index contributed by atoms with van der Waals surface area (Å²) in [5.41, 5.74) is 1.34. The molecule has 2 N–H and O–H groups in total. The molecule has 1 aliphatic rings. The molecule has 0 aliphatic carbocycles. The van der Waals surface area contributed by atoms with E-state index in [-0.39, 0.29) is 12.6 Å². The van der Waals surface area contributed by atoms with Crippen molar-refractivity contribution < 1.29 is 19.1 Å². The fourth-order valence-electron chi connectivity index (χ4n) is 2.64. The first kappa shape index (κ1) is 18.8. The van der Waals surface area contributed by atoms with Gasteiger partial charge >= 0.3 is 12.1 Å². The average molecular weight is 390 g/mol. The zero-order valence-electron chi connectivity index (χ0n) is 14.8. The van der Waals surface area contributed by atoms with Crippen molar-refractivity contribution in [3.05, 3.63) is 53.6 Å². The molecule has 0 bridgehead atoms. The van der Waals surface area contributed by atoms with E-state index in [1.54, 1.807) is 48.5 Å². The van der Waals surface area contributed by atoms with Crippen molar-refractivity contribution in [1.82, 2.24) is 5.32 Å². The van der Waals surface area contributed by atoms with E-state index in [9.17, 15) is 9.59 Å². The van der Waals surface area contributed by atoms with Crippen LogP contribution in [0.2, 0.25) is 5.02 Å². The predicted octanol–water partition coefficient (Wildman–Crippen LogP) is 3.89. The summed E-state index contributed by atoms with van der Waals surface area (Å²) in [6.07, 6.45) is -0.879. The smallest absolute Gasteiger partial charge is 0.414 e. The van der Waals surface area contributed by atoms with Crippen molar-refractivity contribution in [2.24, 2.45) is 0 Å². The van der Waals surface area contributed by atoms with E-state index in [2.05, 4.69) is 10.6 Å². The van der Waals surface area contributed by atoms with Gasteiger partial charge < -0.3 is 20.1 Å².